The van der Waals surface area contributed by atoms with Gasteiger partial charge in [-0.3, -0.25) is 28.8 Å². The molecule has 0 spiro atoms. The Labute approximate surface area is 435 Å². The van der Waals surface area contributed by atoms with E-state index in [9.17, 15) is 28.8 Å². The molecule has 0 aliphatic carbocycles. The maximum atomic E-state index is 12.0. The number of ether oxygens (including phenoxy) is 9. The van der Waals surface area contributed by atoms with E-state index in [0.29, 0.717) is 88.7 Å². The van der Waals surface area contributed by atoms with Gasteiger partial charge < -0.3 is 50.1 Å². The fraction of sp³-hybridized carbons (Fsp3) is 0.490. The molecule has 0 saturated heterocycles. The summed E-state index contributed by atoms with van der Waals surface area (Å²) in [5, 5.41) is 0. The molecular formula is C49H69Br4O15-. The molecule has 0 aliphatic rings. The number of benzene rings is 3. The zero-order valence-corrected chi connectivity index (χ0v) is 47.1. The maximum Gasteiger partial charge on any atom is 0.302 e. The van der Waals surface area contributed by atoms with Crippen LogP contribution in [0.2, 0.25) is 0 Å². The van der Waals surface area contributed by atoms with Crippen molar-refractivity contribution >= 4 is 94.3 Å². The van der Waals surface area contributed by atoms with Gasteiger partial charge in [0.1, 0.15) is 56.9 Å². The van der Waals surface area contributed by atoms with Gasteiger partial charge >= 0.3 is 17.9 Å². The van der Waals surface area contributed by atoms with Crippen LogP contribution in [0.4, 0.5) is 0 Å². The van der Waals surface area contributed by atoms with Gasteiger partial charge in [-0.2, -0.15) is 0 Å². The first-order valence-corrected chi connectivity index (χ1v) is 26.4. The molecule has 0 N–H and O–H groups in total. The highest BCUT2D eigenvalue weighted by molar-refractivity contribution is 9.93. The smallest absolute Gasteiger partial charge is 0.302 e. The summed E-state index contributed by atoms with van der Waals surface area (Å²) < 4.78 is 45.7. The van der Waals surface area contributed by atoms with E-state index in [2.05, 4.69) is 60.1 Å². The normalized spacial score (nSPS) is 10.0. The molecule has 0 radical (unpaired) electrons. The molecule has 0 aliphatic heterocycles. The molecule has 0 heterocycles. The largest absolute Gasteiger partial charge is 0.491 e. The molecule has 384 valence electrons. The van der Waals surface area contributed by atoms with E-state index in [0.717, 1.165) is 5.75 Å². The molecule has 19 heteroatoms. The van der Waals surface area contributed by atoms with Crippen LogP contribution in [-0.4, -0.2) is 118 Å². The molecular weight excluding hydrogens is 1150 g/mol. The van der Waals surface area contributed by atoms with Crippen molar-refractivity contribution in [1.29, 1.82) is 0 Å². The number of esters is 3. The van der Waals surface area contributed by atoms with E-state index in [1.165, 1.54) is 20.8 Å². The van der Waals surface area contributed by atoms with Gasteiger partial charge in [0.2, 0.25) is 0 Å². The van der Waals surface area contributed by atoms with Crippen molar-refractivity contribution in [2.75, 3.05) is 79.3 Å². The van der Waals surface area contributed by atoms with Gasteiger partial charge in [0.05, 0.1) is 44.0 Å². The van der Waals surface area contributed by atoms with Crippen LogP contribution in [0.5, 0.6) is 17.2 Å². The van der Waals surface area contributed by atoms with Crippen molar-refractivity contribution < 1.29 is 71.4 Å². The summed E-state index contributed by atoms with van der Waals surface area (Å²) in [6.45, 7) is 19.6. The van der Waals surface area contributed by atoms with Gasteiger partial charge in [0, 0.05) is 72.0 Å². The van der Waals surface area contributed by atoms with Crippen LogP contribution in [-0.2, 0) is 47.6 Å². The summed E-state index contributed by atoms with van der Waals surface area (Å²) in [6, 6.07) is 23.6. The van der Waals surface area contributed by atoms with Crippen molar-refractivity contribution in [1.82, 2.24) is 0 Å². The lowest BCUT2D eigenvalue weighted by molar-refractivity contribution is -0.143. The number of alkyl halides is 1. The fourth-order valence-electron chi connectivity index (χ4n) is 4.31. The quantitative estimate of drug-likeness (QED) is 0.0140. The summed E-state index contributed by atoms with van der Waals surface area (Å²) in [5.74, 6) is 1.53. The van der Waals surface area contributed by atoms with E-state index in [1.807, 2.05) is 71.9 Å². The first kappa shape index (κ1) is 68.5. The molecule has 0 atom stereocenters. The molecule has 68 heavy (non-hydrogen) atoms. The Kier molecular flexibility index (Phi) is 43.7. The van der Waals surface area contributed by atoms with Crippen molar-refractivity contribution in [3.63, 3.8) is 0 Å². The lowest BCUT2D eigenvalue weighted by Gasteiger charge is -2.14. The Morgan fingerprint density at radius 3 is 1.04 bits per heavy atom. The van der Waals surface area contributed by atoms with Crippen molar-refractivity contribution in [2.24, 2.45) is 11.8 Å². The number of hydrogen-bond acceptors (Lipinski definition) is 15. The van der Waals surface area contributed by atoms with E-state index in [-0.39, 0.29) is 66.6 Å². The minimum Gasteiger partial charge on any atom is -0.491 e. The maximum absolute atomic E-state index is 12.0. The van der Waals surface area contributed by atoms with E-state index in [4.69, 9.17) is 42.6 Å². The molecule has 3 aromatic carbocycles. The van der Waals surface area contributed by atoms with Crippen LogP contribution in [0, 0.1) is 19.3 Å². The second-order valence-corrected chi connectivity index (χ2v) is 17.3. The number of ketones is 2. The van der Waals surface area contributed by atoms with Gasteiger partial charge in [-0.1, -0.05) is 61.8 Å². The summed E-state index contributed by atoms with van der Waals surface area (Å²) in [7, 11) is 0. The second kappa shape index (κ2) is 43.3. The Morgan fingerprint density at radius 2 is 0.765 bits per heavy atom. The third kappa shape index (κ3) is 40.2. The summed E-state index contributed by atoms with van der Waals surface area (Å²) in [4.78, 5) is 65.3. The van der Waals surface area contributed by atoms with Gasteiger partial charge in [-0.25, -0.2) is 0 Å². The van der Waals surface area contributed by atoms with Crippen molar-refractivity contribution in [2.45, 2.75) is 66.6 Å². The number of halogens is 4. The highest BCUT2D eigenvalue weighted by atomic mass is 80.9. The molecule has 0 fully saturated rings. The van der Waals surface area contributed by atoms with Gasteiger partial charge in [-0.05, 0) is 90.4 Å². The number of carbonyl (C=O) groups is 6. The number of hydrogen-bond donors (Lipinski definition) is 0. The number of Topliss-reactive ketones (excluding diaryl/α,β-unsaturated/α-hetero) is 2. The second-order valence-electron chi connectivity index (χ2n) is 14.5. The molecule has 0 aromatic heterocycles. The summed E-state index contributed by atoms with van der Waals surface area (Å²) in [6.07, 6.45) is 0. The zero-order chi connectivity index (χ0) is 51.0. The summed E-state index contributed by atoms with van der Waals surface area (Å²) >= 11 is 11.7. The van der Waals surface area contributed by atoms with E-state index >= 15 is 0 Å². The topological polar surface area (TPSA) is 185 Å². The van der Waals surface area contributed by atoms with Crippen LogP contribution in [0.25, 0.3) is 0 Å². The van der Waals surface area contributed by atoms with Crippen molar-refractivity contribution in [3.8, 4) is 17.2 Å². The number of carbonyl (C=O) groups excluding carboxylic acids is 6. The average molecular weight is 1220 g/mol. The third-order valence-electron chi connectivity index (χ3n) is 7.60. The number of para-hydroxylation sites is 1. The molecule has 15 nitrogen and oxygen atoms in total. The third-order valence-corrected chi connectivity index (χ3v) is 8.88. The molecule has 0 saturated carbocycles. The van der Waals surface area contributed by atoms with Crippen LogP contribution >= 0.6 is 60.1 Å². The Hall–Kier alpha value is -3.72. The lowest BCUT2D eigenvalue weighted by atomic mass is 10.0. The van der Waals surface area contributed by atoms with E-state index < -0.39 is 4.32 Å². The predicted octanol–water partition coefficient (Wildman–Crippen LogP) is 10.8. The Bertz CT molecular complexity index is 1790. The predicted molar refractivity (Wildman–Crippen MR) is 278 cm³/mol. The van der Waals surface area contributed by atoms with Crippen LogP contribution in [0.1, 0.15) is 83.0 Å². The van der Waals surface area contributed by atoms with Crippen LogP contribution < -0.4 is 14.2 Å². The average Bonchev–Trinajstić information content (AvgIpc) is 3.29. The standard InChI is InChI=1S/C16H21BrO5.C16H22O5.C12H16O4.C4H7BrO.CH3.Br2/c1-12(18)21-10-8-20-9-11-22-14-6-4-13(5-7-14)15(19)16(2,3)17;1-12(2)16(18)14-4-6-15(7-5-14)21-11-9-19-8-10-20-13(3)17;1-11(13)15-9-7-14-8-10-16-12-5-3-2-4-6-12;1-3(2)4(5)6;;1-2/h4-7H,8-11H2,1-3H3;4-7,12H,8-11H2,1-3H3;2-6H,7-10H2,1H3;3H,1-2H3;1H3;/q;;;;-1;. The zero-order valence-electron chi connectivity index (χ0n) is 40.8. The van der Waals surface area contributed by atoms with Crippen molar-refractivity contribution in [3.05, 3.63) is 97.4 Å². The van der Waals surface area contributed by atoms with Gasteiger partial charge in [-0.15, -0.1) is 0 Å². The Balaban J connectivity index is -0.000000864. The highest BCUT2D eigenvalue weighted by Crippen LogP contribution is 2.23. The first-order valence-electron chi connectivity index (χ1n) is 21.1. The minimum absolute atomic E-state index is 0. The summed E-state index contributed by atoms with van der Waals surface area (Å²) in [5.41, 5.74) is 1.32. The lowest BCUT2D eigenvalue weighted by Crippen LogP contribution is -2.23. The van der Waals surface area contributed by atoms with Crippen LogP contribution in [0.15, 0.2) is 78.9 Å². The minimum atomic E-state index is -0.578. The van der Waals surface area contributed by atoms with Crippen LogP contribution in [0.3, 0.4) is 0 Å². The van der Waals surface area contributed by atoms with E-state index in [1.54, 1.807) is 48.5 Å². The molecule has 0 bridgehead atoms. The molecule has 0 unspecified atom stereocenters. The number of rotatable bonds is 26. The monoisotopic (exact) mass is 1210 g/mol. The molecule has 3 rings (SSSR count). The first-order chi connectivity index (χ1) is 31.7. The Morgan fingerprint density at radius 1 is 0.471 bits per heavy atom. The van der Waals surface area contributed by atoms with Gasteiger partial charge in [0.25, 0.3) is 0 Å². The molecule has 3 aromatic rings. The fourth-order valence-corrected chi connectivity index (χ4v) is 4.53. The highest BCUT2D eigenvalue weighted by Gasteiger charge is 2.24. The molecule has 0 amide bonds. The SMILES string of the molecule is BrBr.CC(=O)OCCOCCOc1ccc(C(=O)C(C)(C)Br)cc1.CC(=O)OCCOCCOc1ccc(C(=O)C(C)C)cc1.CC(=O)OCCOCCOc1ccccc1.CC(C)C(=O)Br.[CH3-]. The van der Waals surface area contributed by atoms with Gasteiger partial charge in [0.15, 0.2) is 16.3 Å².